The Bertz CT molecular complexity index is 714. The summed E-state index contributed by atoms with van der Waals surface area (Å²) in [6, 6.07) is 14.4. The molecule has 0 aliphatic heterocycles. The third kappa shape index (κ3) is 5.60. The number of anilines is 1. The van der Waals surface area contributed by atoms with Gasteiger partial charge in [-0.3, -0.25) is 4.79 Å². The summed E-state index contributed by atoms with van der Waals surface area (Å²) < 4.78 is 12.8. The van der Waals surface area contributed by atoms with E-state index in [9.17, 15) is 19.1 Å². The number of amides is 1. The molecule has 0 aromatic heterocycles. The maximum Gasteiger partial charge on any atom is 0.342 e. The molecule has 0 saturated heterocycles. The molecule has 4 nitrogen and oxygen atoms in total. The van der Waals surface area contributed by atoms with E-state index in [2.05, 4.69) is 5.32 Å². The van der Waals surface area contributed by atoms with Gasteiger partial charge in [0.15, 0.2) is 0 Å². The summed E-state index contributed by atoms with van der Waals surface area (Å²) >= 11 is 0.930. The van der Waals surface area contributed by atoms with Crippen LogP contribution in [0.3, 0.4) is 0 Å². The van der Waals surface area contributed by atoms with Crippen LogP contribution in [-0.4, -0.2) is 22.7 Å². The van der Waals surface area contributed by atoms with E-state index in [0.29, 0.717) is 5.69 Å². The number of thioether (sulfide) groups is 1. The van der Waals surface area contributed by atoms with Gasteiger partial charge in [0.1, 0.15) is 5.82 Å². The van der Waals surface area contributed by atoms with Crippen LogP contribution in [0, 0.1) is 5.82 Å². The molecule has 0 spiro atoms. The topological polar surface area (TPSA) is 66.4 Å². The zero-order valence-corrected chi connectivity index (χ0v) is 12.8. The number of hydrogen-bond donors (Lipinski definition) is 2. The van der Waals surface area contributed by atoms with Gasteiger partial charge in [-0.15, -0.1) is 11.8 Å². The monoisotopic (exact) mass is 331 g/mol. The van der Waals surface area contributed by atoms with Crippen LogP contribution in [0.5, 0.6) is 0 Å². The third-order valence-corrected chi connectivity index (χ3v) is 3.80. The van der Waals surface area contributed by atoms with Gasteiger partial charge in [0, 0.05) is 5.69 Å². The van der Waals surface area contributed by atoms with Crippen molar-refractivity contribution >= 4 is 35.4 Å². The highest BCUT2D eigenvalue weighted by Gasteiger charge is 2.11. The number of benzene rings is 2. The Morgan fingerprint density at radius 2 is 1.74 bits per heavy atom. The molecule has 0 unspecified atom stereocenters. The lowest BCUT2D eigenvalue weighted by Gasteiger charge is -2.06. The summed E-state index contributed by atoms with van der Waals surface area (Å²) in [4.78, 5) is 23.2. The van der Waals surface area contributed by atoms with Crippen molar-refractivity contribution in [1.29, 1.82) is 0 Å². The van der Waals surface area contributed by atoms with E-state index in [0.717, 1.165) is 17.3 Å². The lowest BCUT2D eigenvalue weighted by atomic mass is 10.2. The van der Waals surface area contributed by atoms with E-state index in [1.165, 1.54) is 30.3 Å². The molecule has 2 aromatic rings. The lowest BCUT2D eigenvalue weighted by Crippen LogP contribution is -2.15. The van der Waals surface area contributed by atoms with Gasteiger partial charge in [0.25, 0.3) is 0 Å². The molecule has 0 heterocycles. The minimum atomic E-state index is -1.09. The third-order valence-electron chi connectivity index (χ3n) is 2.79. The van der Waals surface area contributed by atoms with Crippen molar-refractivity contribution in [2.45, 2.75) is 0 Å². The Morgan fingerprint density at radius 1 is 1.09 bits per heavy atom. The maximum absolute atomic E-state index is 12.8. The second kappa shape index (κ2) is 8.14. The number of nitrogens with one attached hydrogen (secondary N) is 1. The molecule has 0 aliphatic carbocycles. The molecule has 2 N–H and O–H groups in total. The number of aliphatic carboxylic acids is 1. The van der Waals surface area contributed by atoms with Gasteiger partial charge in [-0.1, -0.05) is 30.3 Å². The quantitative estimate of drug-likeness (QED) is 0.794. The van der Waals surface area contributed by atoms with Crippen LogP contribution in [0.15, 0.2) is 59.5 Å². The van der Waals surface area contributed by atoms with E-state index >= 15 is 0 Å². The fourth-order valence-electron chi connectivity index (χ4n) is 1.74. The van der Waals surface area contributed by atoms with E-state index in [1.807, 2.05) is 6.07 Å². The predicted octanol–water partition coefficient (Wildman–Crippen LogP) is 3.62. The summed E-state index contributed by atoms with van der Waals surface area (Å²) in [5.74, 6) is -1.89. The fourth-order valence-corrected chi connectivity index (χ4v) is 2.44. The van der Waals surface area contributed by atoms with E-state index in [-0.39, 0.29) is 16.6 Å². The second-order valence-corrected chi connectivity index (χ2v) is 5.59. The van der Waals surface area contributed by atoms with Crippen molar-refractivity contribution in [3.05, 3.63) is 70.9 Å². The molecule has 6 heteroatoms. The number of hydrogen-bond acceptors (Lipinski definition) is 3. The highest BCUT2D eigenvalue weighted by molar-refractivity contribution is 8.04. The Hall–Kier alpha value is -2.60. The van der Waals surface area contributed by atoms with Gasteiger partial charge in [-0.25, -0.2) is 9.18 Å². The molecule has 2 rings (SSSR count). The number of carbonyl (C=O) groups excluding carboxylic acids is 1. The van der Waals surface area contributed by atoms with Crippen LogP contribution in [-0.2, 0) is 9.59 Å². The van der Waals surface area contributed by atoms with Crippen molar-refractivity contribution in [2.75, 3.05) is 11.1 Å². The molecule has 0 radical (unpaired) electrons. The van der Waals surface area contributed by atoms with E-state index < -0.39 is 11.8 Å². The molecule has 0 fully saturated rings. The maximum atomic E-state index is 12.8. The van der Waals surface area contributed by atoms with Crippen LogP contribution in [0.25, 0.3) is 6.08 Å². The first-order valence-electron chi connectivity index (χ1n) is 6.73. The van der Waals surface area contributed by atoms with E-state index in [4.69, 9.17) is 0 Å². The number of carboxylic acid groups (broad SMARTS) is 1. The highest BCUT2D eigenvalue weighted by atomic mass is 32.2. The molecule has 0 saturated carbocycles. The van der Waals surface area contributed by atoms with E-state index in [1.54, 1.807) is 24.3 Å². The van der Waals surface area contributed by atoms with Gasteiger partial charge in [0.05, 0.1) is 10.7 Å². The SMILES string of the molecule is O=C(CS/C(=C/c1ccccc1)C(=O)O)Nc1ccc(F)cc1. The fraction of sp³-hybridized carbons (Fsp3) is 0.0588. The van der Waals surface area contributed by atoms with Crippen molar-refractivity contribution in [3.8, 4) is 0 Å². The minimum Gasteiger partial charge on any atom is -0.477 e. The smallest absolute Gasteiger partial charge is 0.342 e. The van der Waals surface area contributed by atoms with Crippen LogP contribution in [0.4, 0.5) is 10.1 Å². The highest BCUT2D eigenvalue weighted by Crippen LogP contribution is 2.20. The van der Waals surface area contributed by atoms with Crippen LogP contribution in [0.1, 0.15) is 5.56 Å². The number of rotatable bonds is 6. The molecule has 118 valence electrons. The Labute approximate surface area is 137 Å². The van der Waals surface area contributed by atoms with Gasteiger partial charge in [-0.05, 0) is 35.9 Å². The zero-order valence-electron chi connectivity index (χ0n) is 12.0. The number of carbonyl (C=O) groups is 2. The molecule has 23 heavy (non-hydrogen) atoms. The van der Waals surface area contributed by atoms with Crippen molar-refractivity contribution < 1.29 is 19.1 Å². The Kier molecular flexibility index (Phi) is 5.94. The summed E-state index contributed by atoms with van der Waals surface area (Å²) in [6.07, 6.45) is 1.51. The van der Waals surface area contributed by atoms with Gasteiger partial charge in [0.2, 0.25) is 5.91 Å². The zero-order chi connectivity index (χ0) is 16.7. The van der Waals surface area contributed by atoms with Gasteiger partial charge >= 0.3 is 5.97 Å². The normalized spacial score (nSPS) is 11.1. The predicted molar refractivity (Wildman–Crippen MR) is 89.5 cm³/mol. The molecule has 0 aliphatic rings. The average Bonchev–Trinajstić information content (AvgIpc) is 2.54. The second-order valence-electron chi connectivity index (χ2n) is 4.57. The Morgan fingerprint density at radius 3 is 2.35 bits per heavy atom. The van der Waals surface area contributed by atoms with Crippen molar-refractivity contribution in [1.82, 2.24) is 0 Å². The molecular formula is C17H14FNO3S. The first-order valence-corrected chi connectivity index (χ1v) is 7.71. The summed E-state index contributed by atoms with van der Waals surface area (Å²) in [6.45, 7) is 0. The summed E-state index contributed by atoms with van der Waals surface area (Å²) in [5.41, 5.74) is 1.21. The van der Waals surface area contributed by atoms with Crippen LogP contribution in [0.2, 0.25) is 0 Å². The average molecular weight is 331 g/mol. The largest absolute Gasteiger partial charge is 0.477 e. The van der Waals surface area contributed by atoms with Crippen LogP contribution < -0.4 is 5.32 Å². The minimum absolute atomic E-state index is 0.0532. The molecule has 0 atom stereocenters. The van der Waals surface area contributed by atoms with Gasteiger partial charge in [-0.2, -0.15) is 0 Å². The summed E-state index contributed by atoms with van der Waals surface area (Å²) in [5, 5.41) is 11.8. The van der Waals surface area contributed by atoms with Crippen LogP contribution >= 0.6 is 11.8 Å². The first-order chi connectivity index (χ1) is 11.0. The molecule has 2 aromatic carbocycles. The molecular weight excluding hydrogens is 317 g/mol. The van der Waals surface area contributed by atoms with Crippen molar-refractivity contribution in [2.24, 2.45) is 0 Å². The molecule has 1 amide bonds. The number of carboxylic acids is 1. The van der Waals surface area contributed by atoms with Crippen molar-refractivity contribution in [3.63, 3.8) is 0 Å². The summed E-state index contributed by atoms with van der Waals surface area (Å²) in [7, 11) is 0. The van der Waals surface area contributed by atoms with Gasteiger partial charge < -0.3 is 10.4 Å². The lowest BCUT2D eigenvalue weighted by molar-refractivity contribution is -0.131. The number of halogens is 1. The Balaban J connectivity index is 1.96. The molecule has 0 bridgehead atoms. The standard InChI is InChI=1S/C17H14FNO3S/c18-13-6-8-14(9-7-13)19-16(20)11-23-15(17(21)22)10-12-4-2-1-3-5-12/h1-10H,11H2,(H,19,20)(H,21,22)/b15-10+. The first kappa shape index (κ1) is 16.8.